The van der Waals surface area contributed by atoms with Crippen LogP contribution in [-0.4, -0.2) is 33.5 Å². The number of β-amino-alcohol motifs (C(OH)–C–C–N with tert-alkyl or cyclic N) is 1. The molecule has 1 aromatic carbocycles. The van der Waals surface area contributed by atoms with E-state index in [2.05, 4.69) is 4.98 Å². The van der Waals surface area contributed by atoms with Crippen molar-refractivity contribution in [1.82, 2.24) is 9.88 Å². The maximum absolute atomic E-state index is 13.1. The molecular weight excluding hydrogens is 295 g/mol. The van der Waals surface area contributed by atoms with Gasteiger partial charge in [-0.1, -0.05) is 18.2 Å². The highest BCUT2D eigenvalue weighted by Crippen LogP contribution is 2.32. The molecule has 0 radical (unpaired) electrons. The summed E-state index contributed by atoms with van der Waals surface area (Å²) < 4.78 is 13.1. The first-order chi connectivity index (χ1) is 11.1. The molecule has 0 saturated carbocycles. The van der Waals surface area contributed by atoms with Crippen LogP contribution in [0.5, 0.6) is 0 Å². The molecule has 1 N–H and O–H groups in total. The first kappa shape index (κ1) is 15.6. The van der Waals surface area contributed by atoms with Crippen LogP contribution in [0.2, 0.25) is 0 Å². The third kappa shape index (κ3) is 3.74. The Balaban J connectivity index is 1.69. The number of hydrogen-bond donors (Lipinski definition) is 1. The maximum Gasteiger partial charge on any atom is 0.223 e. The van der Waals surface area contributed by atoms with Crippen LogP contribution in [0, 0.1) is 5.82 Å². The Hall–Kier alpha value is -2.27. The van der Waals surface area contributed by atoms with Crippen LogP contribution >= 0.6 is 0 Å². The van der Waals surface area contributed by atoms with Crippen LogP contribution < -0.4 is 0 Å². The number of likely N-dealkylation sites (tertiary alicyclic amines) is 1. The second-order valence-corrected chi connectivity index (χ2v) is 5.82. The quantitative estimate of drug-likeness (QED) is 0.943. The molecular formula is C18H19FN2O2. The van der Waals surface area contributed by atoms with Crippen molar-refractivity contribution in [2.45, 2.75) is 31.4 Å². The molecule has 0 bridgehead atoms. The summed E-state index contributed by atoms with van der Waals surface area (Å²) in [6.07, 6.45) is 2.58. The highest BCUT2D eigenvalue weighted by Gasteiger charge is 2.34. The highest BCUT2D eigenvalue weighted by molar-refractivity contribution is 5.77. The Labute approximate surface area is 134 Å². The SMILES string of the molecule is O=C(CCc1ccccn1)N1C[C@@H](O)C[C@@H]1c1ccc(F)cc1. The highest BCUT2D eigenvalue weighted by atomic mass is 19.1. The first-order valence-corrected chi connectivity index (χ1v) is 7.76. The molecule has 2 aromatic rings. The van der Waals surface area contributed by atoms with E-state index in [-0.39, 0.29) is 17.8 Å². The number of pyridine rings is 1. The minimum Gasteiger partial charge on any atom is -0.391 e. The van der Waals surface area contributed by atoms with Crippen LogP contribution in [0.25, 0.3) is 0 Å². The molecule has 0 unspecified atom stereocenters. The molecule has 2 atom stereocenters. The van der Waals surface area contributed by atoms with Crippen molar-refractivity contribution in [1.29, 1.82) is 0 Å². The fraction of sp³-hybridized carbons (Fsp3) is 0.333. The number of carbonyl (C=O) groups is 1. The fourth-order valence-electron chi connectivity index (χ4n) is 3.01. The van der Waals surface area contributed by atoms with Crippen molar-refractivity contribution in [3.8, 4) is 0 Å². The molecule has 1 saturated heterocycles. The van der Waals surface area contributed by atoms with E-state index in [0.29, 0.717) is 25.8 Å². The molecule has 0 spiro atoms. The summed E-state index contributed by atoms with van der Waals surface area (Å²) in [5, 5.41) is 9.94. The second-order valence-electron chi connectivity index (χ2n) is 5.82. The van der Waals surface area contributed by atoms with Gasteiger partial charge in [0.1, 0.15) is 5.82 Å². The predicted octanol–water partition coefficient (Wildman–Crippen LogP) is 2.49. The third-order valence-corrected chi connectivity index (χ3v) is 4.18. The average molecular weight is 314 g/mol. The summed E-state index contributed by atoms with van der Waals surface area (Å²) in [5.41, 5.74) is 1.73. The van der Waals surface area contributed by atoms with Gasteiger partial charge in [0.05, 0.1) is 12.1 Å². The number of benzene rings is 1. The monoisotopic (exact) mass is 314 g/mol. The van der Waals surface area contributed by atoms with Gasteiger partial charge in [0.25, 0.3) is 0 Å². The van der Waals surface area contributed by atoms with E-state index in [1.165, 1.54) is 12.1 Å². The van der Waals surface area contributed by atoms with Crippen molar-refractivity contribution in [2.75, 3.05) is 6.54 Å². The number of hydrogen-bond acceptors (Lipinski definition) is 3. The van der Waals surface area contributed by atoms with Gasteiger partial charge >= 0.3 is 0 Å². The molecule has 1 aliphatic rings. The number of rotatable bonds is 4. The zero-order valence-electron chi connectivity index (χ0n) is 12.7. The van der Waals surface area contributed by atoms with Crippen LogP contribution in [0.15, 0.2) is 48.7 Å². The van der Waals surface area contributed by atoms with Gasteiger partial charge in [-0.15, -0.1) is 0 Å². The Morgan fingerprint density at radius 3 is 2.74 bits per heavy atom. The normalized spacial score (nSPS) is 20.7. The van der Waals surface area contributed by atoms with Gasteiger partial charge in [-0.3, -0.25) is 9.78 Å². The second kappa shape index (κ2) is 6.87. The smallest absolute Gasteiger partial charge is 0.223 e. The van der Waals surface area contributed by atoms with E-state index >= 15 is 0 Å². The number of aryl methyl sites for hydroxylation is 1. The summed E-state index contributed by atoms with van der Waals surface area (Å²) in [7, 11) is 0. The van der Waals surface area contributed by atoms with Crippen LogP contribution in [0.1, 0.15) is 30.1 Å². The number of amides is 1. The Morgan fingerprint density at radius 1 is 1.26 bits per heavy atom. The van der Waals surface area contributed by atoms with Crippen LogP contribution in [0.3, 0.4) is 0 Å². The Kier molecular flexibility index (Phi) is 4.67. The summed E-state index contributed by atoms with van der Waals surface area (Å²) in [6, 6.07) is 11.6. The van der Waals surface area contributed by atoms with E-state index in [1.54, 1.807) is 23.2 Å². The number of nitrogens with zero attached hydrogens (tertiary/aromatic N) is 2. The maximum atomic E-state index is 13.1. The standard InChI is InChI=1S/C18H19FN2O2/c19-14-6-4-13(5-7-14)17-11-16(22)12-21(17)18(23)9-8-15-3-1-2-10-20-15/h1-7,10,16-17,22H,8-9,11-12H2/t16-,17+/m0/s1. The van der Waals surface area contributed by atoms with Gasteiger partial charge in [-0.2, -0.15) is 0 Å². The number of carbonyl (C=O) groups excluding carboxylic acids is 1. The molecule has 5 heteroatoms. The van der Waals surface area contributed by atoms with Crippen molar-refractivity contribution in [3.63, 3.8) is 0 Å². The first-order valence-electron chi connectivity index (χ1n) is 7.76. The topological polar surface area (TPSA) is 53.4 Å². The molecule has 2 heterocycles. The molecule has 23 heavy (non-hydrogen) atoms. The lowest BCUT2D eigenvalue weighted by atomic mass is 10.0. The van der Waals surface area contributed by atoms with Crippen molar-refractivity contribution in [2.24, 2.45) is 0 Å². The number of halogens is 1. The minimum absolute atomic E-state index is 0.0125. The number of aliphatic hydroxyl groups excluding tert-OH is 1. The summed E-state index contributed by atoms with van der Waals surface area (Å²) in [5.74, 6) is -0.318. The van der Waals surface area contributed by atoms with Gasteiger partial charge in [0.2, 0.25) is 5.91 Å². The van der Waals surface area contributed by atoms with E-state index < -0.39 is 6.10 Å². The van der Waals surface area contributed by atoms with Crippen molar-refractivity contribution >= 4 is 5.91 Å². The summed E-state index contributed by atoms with van der Waals surface area (Å²) in [6.45, 7) is 0.323. The number of aliphatic hydroxyl groups is 1. The van der Waals surface area contributed by atoms with E-state index in [4.69, 9.17) is 0 Å². The molecule has 1 aliphatic heterocycles. The van der Waals surface area contributed by atoms with Crippen molar-refractivity contribution in [3.05, 3.63) is 65.7 Å². The summed E-state index contributed by atoms with van der Waals surface area (Å²) in [4.78, 5) is 18.4. The lowest BCUT2D eigenvalue weighted by Crippen LogP contribution is -2.32. The Bertz CT molecular complexity index is 660. The predicted molar refractivity (Wildman–Crippen MR) is 84.0 cm³/mol. The van der Waals surface area contributed by atoms with E-state index in [9.17, 15) is 14.3 Å². The van der Waals surface area contributed by atoms with Crippen LogP contribution in [0.4, 0.5) is 4.39 Å². The lowest BCUT2D eigenvalue weighted by molar-refractivity contribution is -0.132. The third-order valence-electron chi connectivity index (χ3n) is 4.18. The van der Waals surface area contributed by atoms with E-state index in [0.717, 1.165) is 11.3 Å². The van der Waals surface area contributed by atoms with Gasteiger partial charge in [-0.05, 0) is 42.7 Å². The van der Waals surface area contributed by atoms with Crippen molar-refractivity contribution < 1.29 is 14.3 Å². The van der Waals surface area contributed by atoms with E-state index in [1.807, 2.05) is 18.2 Å². The molecule has 120 valence electrons. The zero-order valence-corrected chi connectivity index (χ0v) is 12.7. The Morgan fingerprint density at radius 2 is 2.04 bits per heavy atom. The largest absolute Gasteiger partial charge is 0.391 e. The minimum atomic E-state index is -0.538. The summed E-state index contributed by atoms with van der Waals surface area (Å²) >= 11 is 0. The molecule has 4 nitrogen and oxygen atoms in total. The average Bonchev–Trinajstić information content (AvgIpc) is 2.96. The van der Waals surface area contributed by atoms with Crippen LogP contribution in [-0.2, 0) is 11.2 Å². The van der Waals surface area contributed by atoms with Gasteiger partial charge in [-0.25, -0.2) is 4.39 Å². The van der Waals surface area contributed by atoms with Gasteiger partial charge in [0.15, 0.2) is 0 Å². The molecule has 1 fully saturated rings. The molecule has 1 amide bonds. The van der Waals surface area contributed by atoms with Gasteiger partial charge < -0.3 is 10.0 Å². The molecule has 3 rings (SSSR count). The number of aromatic nitrogens is 1. The molecule has 1 aromatic heterocycles. The molecule has 0 aliphatic carbocycles. The fourth-order valence-corrected chi connectivity index (χ4v) is 3.01. The van der Waals surface area contributed by atoms with Gasteiger partial charge in [0, 0.05) is 24.9 Å². The zero-order chi connectivity index (χ0) is 16.2. The lowest BCUT2D eigenvalue weighted by Gasteiger charge is -2.25.